The van der Waals surface area contributed by atoms with Gasteiger partial charge >= 0.3 is 31.7 Å². The van der Waals surface area contributed by atoms with E-state index in [2.05, 4.69) is 46.8 Å². The molecule has 700 valence electrons. The fraction of sp³-hybridized carbons (Fsp3) is 0.935. The number of esters is 4. The molecule has 0 amide bonds. The zero-order valence-corrected chi connectivity index (χ0v) is 75.7. The van der Waals surface area contributed by atoms with Crippen LogP contribution in [0.5, 0.6) is 0 Å². The molecule has 119 heavy (non-hydrogen) atoms. The summed E-state index contributed by atoms with van der Waals surface area (Å²) in [6.45, 7) is 7.91. The highest BCUT2D eigenvalue weighted by atomic mass is 31.2. The fourth-order valence-electron chi connectivity index (χ4n) is 16.1. The van der Waals surface area contributed by atoms with Crippen molar-refractivity contribution >= 4 is 31.7 Å². The molecule has 19 atom stereocenters. The van der Waals surface area contributed by atoms with Crippen LogP contribution < -0.4 is 0 Å². The smallest absolute Gasteiger partial charge is 0.463 e. The largest absolute Gasteiger partial charge is 0.472 e. The molecule has 3 fully saturated rings. The predicted molar refractivity (Wildman–Crippen MR) is 463 cm³/mol. The van der Waals surface area contributed by atoms with Crippen molar-refractivity contribution in [2.24, 2.45) is 5.92 Å². The number of carbonyl (C=O) groups is 4. The first-order valence-corrected chi connectivity index (χ1v) is 49.8. The number of aliphatic hydroxyl groups excluding tert-OH is 9. The molecular formula is C93H173O25P. The zero-order valence-electron chi connectivity index (χ0n) is 74.8. The molecule has 0 aromatic heterocycles. The van der Waals surface area contributed by atoms with E-state index in [0.717, 1.165) is 122 Å². The number of hydrogen-bond acceptors (Lipinski definition) is 24. The first kappa shape index (κ1) is 110. The van der Waals surface area contributed by atoms with E-state index < -0.39 is 162 Å². The van der Waals surface area contributed by atoms with Crippen LogP contribution in [-0.4, -0.2) is 205 Å². The van der Waals surface area contributed by atoms with E-state index in [1.807, 2.05) is 0 Å². The van der Waals surface area contributed by atoms with E-state index in [1.165, 1.54) is 199 Å². The SMILES string of the molecule is CCCCCCCC/C=C\CCCCCC(=O)OCC1OC(OC2C(OC(=O)CCCCCCCCC(C)CCCCCCCC)C(O)C(O)C(OC3OC(CO)C(O)C(O)C3O)C2OP(=O)(O)OCC(COC(=O)CCCCCCCCCCCCCCCCC)OC(=O)CCCCCCCCCCCCCCCCCC)C(O)C(O)C1O. The fourth-order valence-corrected chi connectivity index (χ4v) is 17.1. The van der Waals surface area contributed by atoms with Gasteiger partial charge in [-0.1, -0.05) is 355 Å². The molecule has 19 unspecified atom stereocenters. The Morgan fingerprint density at radius 1 is 0.353 bits per heavy atom. The van der Waals surface area contributed by atoms with Gasteiger partial charge in [0.25, 0.3) is 0 Å². The maximum Gasteiger partial charge on any atom is 0.472 e. The van der Waals surface area contributed by atoms with E-state index in [0.29, 0.717) is 44.4 Å². The minimum atomic E-state index is -5.81. The Morgan fingerprint density at radius 3 is 1.09 bits per heavy atom. The number of hydrogen-bond donors (Lipinski definition) is 10. The lowest BCUT2D eigenvalue weighted by molar-refractivity contribution is -0.360. The summed E-state index contributed by atoms with van der Waals surface area (Å²) in [7, 11) is -5.81. The van der Waals surface area contributed by atoms with Crippen LogP contribution in [0.15, 0.2) is 12.2 Å². The molecule has 25 nitrogen and oxygen atoms in total. The van der Waals surface area contributed by atoms with Crippen molar-refractivity contribution in [1.29, 1.82) is 0 Å². The Bertz CT molecular complexity index is 2530. The van der Waals surface area contributed by atoms with Gasteiger partial charge in [-0.2, -0.15) is 0 Å². The number of carbonyl (C=O) groups excluding carboxylic acids is 4. The Labute approximate surface area is 718 Å². The molecule has 2 saturated heterocycles. The van der Waals surface area contributed by atoms with Crippen LogP contribution >= 0.6 is 7.82 Å². The quantitative estimate of drug-likeness (QED) is 0.00889. The highest BCUT2D eigenvalue weighted by Crippen LogP contribution is 2.49. The number of phosphoric ester groups is 1. The minimum absolute atomic E-state index is 0.00484. The lowest BCUT2D eigenvalue weighted by Gasteiger charge is -2.50. The van der Waals surface area contributed by atoms with Crippen molar-refractivity contribution in [2.45, 2.75) is 524 Å². The van der Waals surface area contributed by atoms with E-state index in [-0.39, 0.29) is 25.7 Å². The molecule has 3 aliphatic rings. The second-order valence-electron chi connectivity index (χ2n) is 34.9. The first-order valence-electron chi connectivity index (χ1n) is 48.3. The number of unbranched alkanes of at least 4 members (excludes halogenated alkanes) is 48. The number of allylic oxidation sites excluding steroid dienone is 2. The summed E-state index contributed by atoms with van der Waals surface area (Å²) in [6.07, 6.45) is 29.1. The molecule has 0 spiro atoms. The van der Waals surface area contributed by atoms with Crippen LogP contribution in [0.3, 0.4) is 0 Å². The second-order valence-corrected chi connectivity index (χ2v) is 36.3. The average molecular weight is 1720 g/mol. The number of phosphoric acid groups is 1. The monoisotopic (exact) mass is 1720 g/mol. The molecule has 0 radical (unpaired) electrons. The van der Waals surface area contributed by atoms with Crippen LogP contribution in [0, 0.1) is 5.92 Å². The summed E-state index contributed by atoms with van der Waals surface area (Å²) in [5.74, 6) is -2.34. The van der Waals surface area contributed by atoms with Crippen LogP contribution in [-0.2, 0) is 70.7 Å². The number of aliphatic hydroxyl groups is 9. The average Bonchev–Trinajstić information content (AvgIpc) is 0.754. The van der Waals surface area contributed by atoms with Gasteiger partial charge in [0.1, 0.15) is 92.6 Å². The molecular weight excluding hydrogens is 1550 g/mol. The van der Waals surface area contributed by atoms with Crippen molar-refractivity contribution < 1.29 is 122 Å². The van der Waals surface area contributed by atoms with Gasteiger partial charge in [0.2, 0.25) is 0 Å². The van der Waals surface area contributed by atoms with E-state index in [9.17, 15) is 74.6 Å². The lowest BCUT2D eigenvalue weighted by atomic mass is 9.84. The molecule has 0 bridgehead atoms. The summed E-state index contributed by atoms with van der Waals surface area (Å²) in [5, 5.41) is 102. The van der Waals surface area contributed by atoms with Gasteiger partial charge in [0.15, 0.2) is 24.8 Å². The molecule has 2 heterocycles. The maximum absolute atomic E-state index is 14.9. The van der Waals surface area contributed by atoms with E-state index in [1.54, 1.807) is 0 Å². The van der Waals surface area contributed by atoms with E-state index in [4.69, 9.17) is 46.9 Å². The standard InChI is InChI=1S/C93H173O25P/c1-6-10-14-18-22-25-28-31-33-35-38-41-44-47-54-60-66-78(97)112-73(69-109-76(95)64-58-52-45-42-40-37-34-32-29-26-23-19-15-11-7-2)70-111-119(107,108)118-91-89(116-92-86(105)82(101)80(99)74(68-94)113-92)85(104)84(103)88(115-79(98)67-61-55-49-48-51-57-63-72(5)62-56-50-21-17-13-9-4)90(91)117-93-87(106)83(102)81(100)75(114-93)71-110-77(96)65-59-53-46-43-39-36-30-27-24-20-16-12-8-3/h36,39,72-75,80-94,99-106H,6-35,37-38,40-71H2,1-5H3,(H,107,108)/b39-36-. The third-order valence-electron chi connectivity index (χ3n) is 23.9. The van der Waals surface area contributed by atoms with Crippen molar-refractivity contribution in [3.63, 3.8) is 0 Å². The molecule has 3 rings (SSSR count). The van der Waals surface area contributed by atoms with Crippen LogP contribution in [0.1, 0.15) is 420 Å². The molecule has 1 saturated carbocycles. The zero-order chi connectivity index (χ0) is 86.9. The lowest BCUT2D eigenvalue weighted by Crippen LogP contribution is -2.70. The topological polar surface area (TPSA) is 380 Å². The van der Waals surface area contributed by atoms with Gasteiger partial charge in [-0.3, -0.25) is 28.2 Å². The van der Waals surface area contributed by atoms with Crippen molar-refractivity contribution in [2.75, 3.05) is 26.4 Å². The van der Waals surface area contributed by atoms with Gasteiger partial charge in [-0.15, -0.1) is 0 Å². The molecule has 1 aliphatic carbocycles. The molecule has 0 aromatic carbocycles. The van der Waals surface area contributed by atoms with Gasteiger partial charge < -0.3 is 88.7 Å². The molecule has 2 aliphatic heterocycles. The molecule has 10 N–H and O–H groups in total. The predicted octanol–water partition coefficient (Wildman–Crippen LogP) is 18.2. The number of rotatable bonds is 78. The summed E-state index contributed by atoms with van der Waals surface area (Å²) in [5.41, 5.74) is 0. The highest BCUT2D eigenvalue weighted by Gasteiger charge is 2.60. The number of ether oxygens (including phenoxy) is 8. The summed E-state index contributed by atoms with van der Waals surface area (Å²) in [6, 6.07) is 0. The second kappa shape index (κ2) is 71.3. The minimum Gasteiger partial charge on any atom is -0.463 e. The summed E-state index contributed by atoms with van der Waals surface area (Å²) in [4.78, 5) is 66.6. The van der Waals surface area contributed by atoms with Crippen molar-refractivity contribution in [1.82, 2.24) is 0 Å². The van der Waals surface area contributed by atoms with Crippen LogP contribution in [0.25, 0.3) is 0 Å². The van der Waals surface area contributed by atoms with Crippen LogP contribution in [0.2, 0.25) is 0 Å². The van der Waals surface area contributed by atoms with Gasteiger partial charge in [-0.05, 0) is 57.3 Å². The maximum atomic E-state index is 14.9. The normalized spacial score (nSPS) is 25.1. The van der Waals surface area contributed by atoms with E-state index >= 15 is 0 Å². The first-order chi connectivity index (χ1) is 57.6. The third-order valence-corrected chi connectivity index (χ3v) is 24.9. The third kappa shape index (κ3) is 51.6. The molecule has 26 heteroatoms. The Kier molecular flexibility index (Phi) is 66.1. The Morgan fingerprint density at radius 2 is 0.681 bits per heavy atom. The van der Waals surface area contributed by atoms with Gasteiger partial charge in [-0.25, -0.2) is 4.57 Å². The Hall–Kier alpha value is -2.79. The highest BCUT2D eigenvalue weighted by molar-refractivity contribution is 7.47. The van der Waals surface area contributed by atoms with Crippen molar-refractivity contribution in [3.8, 4) is 0 Å². The molecule has 0 aromatic rings. The van der Waals surface area contributed by atoms with Crippen molar-refractivity contribution in [3.05, 3.63) is 12.2 Å². The summed E-state index contributed by atoms with van der Waals surface area (Å²) >= 11 is 0. The summed E-state index contributed by atoms with van der Waals surface area (Å²) < 4.78 is 73.6. The van der Waals surface area contributed by atoms with Gasteiger partial charge in [0.05, 0.1) is 13.2 Å². The van der Waals surface area contributed by atoms with Gasteiger partial charge in [0, 0.05) is 25.7 Å². The Balaban J connectivity index is 1.92. The van der Waals surface area contributed by atoms with Crippen LogP contribution in [0.4, 0.5) is 0 Å².